The number of rotatable bonds is 4. The maximum absolute atomic E-state index is 13.0. The minimum atomic E-state index is -0.443. The van der Waals surface area contributed by atoms with Crippen molar-refractivity contribution in [2.45, 2.75) is 6.54 Å². The number of para-hydroxylation sites is 2. The zero-order chi connectivity index (χ0) is 16.5. The number of aryl methyl sites for hydroxylation is 2. The Morgan fingerprint density at radius 2 is 1.75 bits per heavy atom. The molecule has 4 aromatic rings. The molecule has 0 atom stereocenters. The van der Waals surface area contributed by atoms with Gasteiger partial charge in [0.05, 0.1) is 29.6 Å². The molecule has 0 aliphatic carbocycles. The van der Waals surface area contributed by atoms with Crippen LogP contribution in [0.4, 0.5) is 4.39 Å². The van der Waals surface area contributed by atoms with E-state index in [1.165, 1.54) is 0 Å². The molecule has 4 rings (SSSR count). The van der Waals surface area contributed by atoms with Crippen LogP contribution >= 0.6 is 0 Å². The lowest BCUT2D eigenvalue weighted by molar-refractivity contribution is 0.446. The van der Waals surface area contributed by atoms with Crippen LogP contribution in [0.25, 0.3) is 33.8 Å². The van der Waals surface area contributed by atoms with Gasteiger partial charge in [-0.25, -0.2) is 14.4 Å². The van der Waals surface area contributed by atoms with Gasteiger partial charge in [-0.15, -0.1) is 0 Å². The summed E-state index contributed by atoms with van der Waals surface area (Å²) < 4.78 is 16.9. The summed E-state index contributed by atoms with van der Waals surface area (Å²) in [6.07, 6.45) is 1.69. The third-order valence-electron chi connectivity index (χ3n) is 4.21. The lowest BCUT2D eigenvalue weighted by Gasteiger charge is -2.09. The second-order valence-electron chi connectivity index (χ2n) is 5.67. The van der Waals surface area contributed by atoms with Crippen LogP contribution in [0.5, 0.6) is 0 Å². The van der Waals surface area contributed by atoms with Crippen LogP contribution in [0.2, 0.25) is 0 Å². The average molecular weight is 320 g/mol. The number of alkyl halides is 1. The molecule has 2 heterocycles. The predicted molar refractivity (Wildman–Crippen MR) is 93.3 cm³/mol. The first-order chi connectivity index (χ1) is 11.8. The lowest BCUT2D eigenvalue weighted by atomic mass is 10.1. The van der Waals surface area contributed by atoms with Crippen LogP contribution in [-0.4, -0.2) is 25.8 Å². The molecule has 0 saturated heterocycles. The Bertz CT molecular complexity index is 985. The van der Waals surface area contributed by atoms with Gasteiger partial charge in [-0.1, -0.05) is 42.5 Å². The van der Waals surface area contributed by atoms with Crippen LogP contribution in [0, 0.1) is 0 Å². The maximum Gasteiger partial charge on any atom is 0.159 e. The Balaban J connectivity index is 1.98. The highest BCUT2D eigenvalue weighted by molar-refractivity contribution is 5.84. The SMILES string of the molecule is Cn1c(-c2c(-c3ccccc3)ncn2CCF)nc2ccccc21. The first-order valence-corrected chi connectivity index (χ1v) is 7.88. The number of hydrogen-bond donors (Lipinski definition) is 0. The summed E-state index contributed by atoms with van der Waals surface area (Å²) in [5, 5.41) is 0. The smallest absolute Gasteiger partial charge is 0.159 e. The highest BCUT2D eigenvalue weighted by Crippen LogP contribution is 2.32. The largest absolute Gasteiger partial charge is 0.326 e. The number of imidazole rings is 2. The van der Waals surface area contributed by atoms with Crippen LogP contribution in [0.1, 0.15) is 0 Å². The lowest BCUT2D eigenvalue weighted by Crippen LogP contribution is -2.04. The van der Waals surface area contributed by atoms with E-state index in [-0.39, 0.29) is 6.54 Å². The van der Waals surface area contributed by atoms with E-state index < -0.39 is 6.67 Å². The third kappa shape index (κ3) is 2.29. The zero-order valence-electron chi connectivity index (χ0n) is 13.4. The third-order valence-corrected chi connectivity index (χ3v) is 4.21. The first-order valence-electron chi connectivity index (χ1n) is 7.88. The molecule has 0 spiro atoms. The molecule has 0 saturated carbocycles. The molecule has 4 nitrogen and oxygen atoms in total. The van der Waals surface area contributed by atoms with E-state index in [0.29, 0.717) is 0 Å². The molecule has 0 amide bonds. The molecule has 0 N–H and O–H groups in total. The Hall–Kier alpha value is -2.95. The van der Waals surface area contributed by atoms with Gasteiger partial charge in [0.15, 0.2) is 5.82 Å². The second-order valence-corrected chi connectivity index (χ2v) is 5.67. The Labute approximate surface area is 139 Å². The Kier molecular flexibility index (Phi) is 3.61. The highest BCUT2D eigenvalue weighted by Gasteiger charge is 2.20. The summed E-state index contributed by atoms with van der Waals surface area (Å²) in [5.41, 5.74) is 4.62. The maximum atomic E-state index is 13.0. The van der Waals surface area contributed by atoms with Gasteiger partial charge < -0.3 is 9.13 Å². The molecule has 120 valence electrons. The fraction of sp³-hybridized carbons (Fsp3) is 0.158. The van der Waals surface area contributed by atoms with Gasteiger partial charge in [0, 0.05) is 12.6 Å². The molecule has 0 unspecified atom stereocenters. The predicted octanol–water partition coefficient (Wildman–Crippen LogP) is 4.07. The molecule has 2 aromatic carbocycles. The van der Waals surface area contributed by atoms with Crippen molar-refractivity contribution in [3.8, 4) is 22.8 Å². The topological polar surface area (TPSA) is 35.6 Å². The van der Waals surface area contributed by atoms with Crippen molar-refractivity contribution >= 4 is 11.0 Å². The van der Waals surface area contributed by atoms with Gasteiger partial charge in [0.2, 0.25) is 0 Å². The van der Waals surface area contributed by atoms with E-state index in [4.69, 9.17) is 4.98 Å². The number of halogens is 1. The fourth-order valence-electron chi connectivity index (χ4n) is 3.04. The van der Waals surface area contributed by atoms with Gasteiger partial charge >= 0.3 is 0 Å². The summed E-state index contributed by atoms with van der Waals surface area (Å²) in [7, 11) is 1.98. The summed E-state index contributed by atoms with van der Waals surface area (Å²) in [5.74, 6) is 0.793. The molecule has 0 radical (unpaired) electrons. The minimum absolute atomic E-state index is 0.262. The standard InChI is InChI=1S/C19H17FN4/c1-23-16-10-6-5-9-15(16)22-19(23)18-17(14-7-3-2-4-8-14)21-13-24(18)12-11-20/h2-10,13H,11-12H2,1H3. The van der Waals surface area contributed by atoms with Crippen LogP contribution in [0.15, 0.2) is 60.9 Å². The molecule has 0 aliphatic heterocycles. The monoisotopic (exact) mass is 320 g/mol. The van der Waals surface area contributed by atoms with Crippen LogP contribution < -0.4 is 0 Å². The van der Waals surface area contributed by atoms with Crippen molar-refractivity contribution in [3.05, 3.63) is 60.9 Å². The highest BCUT2D eigenvalue weighted by atomic mass is 19.1. The van der Waals surface area contributed by atoms with Gasteiger partial charge in [-0.2, -0.15) is 0 Å². The number of fused-ring (bicyclic) bond motifs is 1. The minimum Gasteiger partial charge on any atom is -0.326 e. The van der Waals surface area contributed by atoms with Crippen molar-refractivity contribution in [1.82, 2.24) is 19.1 Å². The van der Waals surface area contributed by atoms with Gasteiger partial charge in [-0.3, -0.25) is 0 Å². The van der Waals surface area contributed by atoms with Crippen LogP contribution in [-0.2, 0) is 13.6 Å². The number of aromatic nitrogens is 4. The van der Waals surface area contributed by atoms with E-state index in [1.807, 2.05) is 70.8 Å². The van der Waals surface area contributed by atoms with Crippen LogP contribution in [0.3, 0.4) is 0 Å². The quantitative estimate of drug-likeness (QED) is 0.568. The summed E-state index contributed by atoms with van der Waals surface area (Å²) in [6.45, 7) is -0.181. The first kappa shape index (κ1) is 14.6. The van der Waals surface area contributed by atoms with Crippen molar-refractivity contribution in [2.24, 2.45) is 7.05 Å². The molecular weight excluding hydrogens is 303 g/mol. The molecule has 2 aromatic heterocycles. The zero-order valence-corrected chi connectivity index (χ0v) is 13.4. The number of nitrogens with zero attached hydrogens (tertiary/aromatic N) is 4. The fourth-order valence-corrected chi connectivity index (χ4v) is 3.04. The van der Waals surface area contributed by atoms with Crippen molar-refractivity contribution < 1.29 is 4.39 Å². The summed E-state index contributed by atoms with van der Waals surface area (Å²) in [4.78, 5) is 9.30. The molecule has 0 aliphatic rings. The summed E-state index contributed by atoms with van der Waals surface area (Å²) >= 11 is 0. The van der Waals surface area contributed by atoms with E-state index in [1.54, 1.807) is 6.33 Å². The van der Waals surface area contributed by atoms with Crippen molar-refractivity contribution in [1.29, 1.82) is 0 Å². The number of benzene rings is 2. The molecule has 0 bridgehead atoms. The van der Waals surface area contributed by atoms with Crippen molar-refractivity contribution in [2.75, 3.05) is 6.67 Å². The van der Waals surface area contributed by atoms with E-state index >= 15 is 0 Å². The molecule has 24 heavy (non-hydrogen) atoms. The molecular formula is C19H17FN4. The normalized spacial score (nSPS) is 11.2. The second kappa shape index (κ2) is 5.92. The summed E-state index contributed by atoms with van der Waals surface area (Å²) in [6, 6.07) is 17.9. The molecule has 5 heteroatoms. The average Bonchev–Trinajstić information content (AvgIpc) is 3.18. The molecule has 0 fully saturated rings. The van der Waals surface area contributed by atoms with Gasteiger partial charge in [0.25, 0.3) is 0 Å². The van der Waals surface area contributed by atoms with E-state index in [2.05, 4.69) is 4.98 Å². The van der Waals surface area contributed by atoms with Gasteiger partial charge in [0.1, 0.15) is 12.4 Å². The Morgan fingerprint density at radius 1 is 1.00 bits per heavy atom. The van der Waals surface area contributed by atoms with Crippen molar-refractivity contribution in [3.63, 3.8) is 0 Å². The van der Waals surface area contributed by atoms with E-state index in [9.17, 15) is 4.39 Å². The number of hydrogen-bond acceptors (Lipinski definition) is 2. The Morgan fingerprint density at radius 3 is 2.50 bits per heavy atom. The van der Waals surface area contributed by atoms with E-state index in [0.717, 1.165) is 33.8 Å². The van der Waals surface area contributed by atoms with Gasteiger partial charge in [-0.05, 0) is 12.1 Å².